The van der Waals surface area contributed by atoms with Crippen LogP contribution in [0.25, 0.3) is 0 Å². The Morgan fingerprint density at radius 2 is 1.75 bits per heavy atom. The maximum atomic E-state index is 13.0. The van der Waals surface area contributed by atoms with Crippen LogP contribution in [-0.2, 0) is 14.8 Å². The van der Waals surface area contributed by atoms with Crippen molar-refractivity contribution in [2.45, 2.75) is 43.5 Å². The van der Waals surface area contributed by atoms with E-state index in [-0.39, 0.29) is 22.8 Å². The summed E-state index contributed by atoms with van der Waals surface area (Å²) in [5.41, 5.74) is 0. The third kappa shape index (κ3) is 3.78. The lowest BCUT2D eigenvalue weighted by Crippen LogP contribution is -2.45. The van der Waals surface area contributed by atoms with Crippen LogP contribution in [0, 0.1) is 17.7 Å². The van der Waals surface area contributed by atoms with E-state index in [0.717, 1.165) is 12.1 Å². The zero-order chi connectivity index (χ0) is 17.3. The number of halogens is 1. The standard InChI is InChI=1S/C17H23FN2O3S/c1-12(13-2-3-13)19-17(21)14-8-10-20(11-9-14)24(22,23)16-6-4-15(18)5-7-16/h4-7,12-14H,2-3,8-11H2,1H3,(H,19,21)/t12-/m0/s1. The fourth-order valence-electron chi connectivity index (χ4n) is 3.17. The van der Waals surface area contributed by atoms with Crippen molar-refractivity contribution in [1.29, 1.82) is 0 Å². The first kappa shape index (κ1) is 17.4. The summed E-state index contributed by atoms with van der Waals surface area (Å²) in [7, 11) is -3.62. The van der Waals surface area contributed by atoms with Crippen molar-refractivity contribution in [3.8, 4) is 0 Å². The summed E-state index contributed by atoms with van der Waals surface area (Å²) in [4.78, 5) is 12.4. The van der Waals surface area contributed by atoms with Gasteiger partial charge in [0.05, 0.1) is 4.90 Å². The van der Waals surface area contributed by atoms with Crippen LogP contribution < -0.4 is 5.32 Å². The zero-order valence-electron chi connectivity index (χ0n) is 13.7. The minimum atomic E-state index is -3.62. The molecule has 0 bridgehead atoms. The molecule has 1 aromatic rings. The predicted molar refractivity (Wildman–Crippen MR) is 88.2 cm³/mol. The van der Waals surface area contributed by atoms with Gasteiger partial charge in [0.1, 0.15) is 5.82 Å². The highest BCUT2D eigenvalue weighted by atomic mass is 32.2. The monoisotopic (exact) mass is 354 g/mol. The van der Waals surface area contributed by atoms with Crippen molar-refractivity contribution in [1.82, 2.24) is 9.62 Å². The van der Waals surface area contributed by atoms with E-state index in [9.17, 15) is 17.6 Å². The SMILES string of the molecule is C[C@H](NC(=O)C1CCN(S(=O)(=O)c2ccc(F)cc2)CC1)C1CC1. The number of carbonyl (C=O) groups excluding carboxylic acids is 1. The Labute approximate surface area is 142 Å². The molecule has 1 atom stereocenters. The number of nitrogens with one attached hydrogen (secondary N) is 1. The Balaban J connectivity index is 1.57. The highest BCUT2D eigenvalue weighted by molar-refractivity contribution is 7.89. The Bertz CT molecular complexity index is 693. The first-order chi connectivity index (χ1) is 11.4. The average molecular weight is 354 g/mol. The van der Waals surface area contributed by atoms with E-state index in [0.29, 0.717) is 31.8 Å². The molecule has 0 radical (unpaired) electrons. The molecule has 0 spiro atoms. The fourth-order valence-corrected chi connectivity index (χ4v) is 4.64. The zero-order valence-corrected chi connectivity index (χ0v) is 14.6. The van der Waals surface area contributed by atoms with Crippen LogP contribution >= 0.6 is 0 Å². The van der Waals surface area contributed by atoms with Gasteiger partial charge in [0.25, 0.3) is 0 Å². The quantitative estimate of drug-likeness (QED) is 0.881. The molecule has 3 rings (SSSR count). The molecule has 1 N–H and O–H groups in total. The molecule has 0 unspecified atom stereocenters. The lowest BCUT2D eigenvalue weighted by atomic mass is 9.96. The van der Waals surface area contributed by atoms with Gasteiger partial charge in [0.2, 0.25) is 15.9 Å². The van der Waals surface area contributed by atoms with Crippen LogP contribution in [-0.4, -0.2) is 37.8 Å². The van der Waals surface area contributed by atoms with Gasteiger partial charge in [-0.25, -0.2) is 12.8 Å². The molecule has 1 heterocycles. The summed E-state index contributed by atoms with van der Waals surface area (Å²) >= 11 is 0. The fraction of sp³-hybridized carbons (Fsp3) is 0.588. The maximum absolute atomic E-state index is 13.0. The summed E-state index contributed by atoms with van der Waals surface area (Å²) < 4.78 is 39.5. The van der Waals surface area contributed by atoms with Crippen molar-refractivity contribution >= 4 is 15.9 Å². The second kappa shape index (κ2) is 6.80. The number of hydrogen-bond donors (Lipinski definition) is 1. The lowest BCUT2D eigenvalue weighted by molar-refractivity contribution is -0.126. The normalized spacial score (nSPS) is 21.4. The van der Waals surface area contributed by atoms with Crippen molar-refractivity contribution in [2.24, 2.45) is 11.8 Å². The van der Waals surface area contributed by atoms with Crippen molar-refractivity contribution in [3.63, 3.8) is 0 Å². The summed E-state index contributed by atoms with van der Waals surface area (Å²) in [6, 6.07) is 5.05. The van der Waals surface area contributed by atoms with Crippen molar-refractivity contribution in [3.05, 3.63) is 30.1 Å². The Kier molecular flexibility index (Phi) is 4.92. The molecule has 0 aromatic heterocycles. The van der Waals surface area contributed by atoms with Gasteiger partial charge in [0.15, 0.2) is 0 Å². The molecule has 1 saturated carbocycles. The van der Waals surface area contributed by atoms with E-state index >= 15 is 0 Å². The molecule has 1 aromatic carbocycles. The second-order valence-electron chi connectivity index (χ2n) is 6.77. The van der Waals surface area contributed by atoms with Crippen LogP contribution in [0.4, 0.5) is 4.39 Å². The van der Waals surface area contributed by atoms with Crippen molar-refractivity contribution in [2.75, 3.05) is 13.1 Å². The van der Waals surface area contributed by atoms with E-state index in [4.69, 9.17) is 0 Å². The summed E-state index contributed by atoms with van der Waals surface area (Å²) in [6.07, 6.45) is 3.39. The molecule has 5 nitrogen and oxygen atoms in total. The number of sulfonamides is 1. The number of nitrogens with zero attached hydrogens (tertiary/aromatic N) is 1. The van der Waals surface area contributed by atoms with Crippen LogP contribution in [0.15, 0.2) is 29.2 Å². The Morgan fingerprint density at radius 1 is 1.17 bits per heavy atom. The van der Waals surface area contributed by atoms with E-state index < -0.39 is 15.8 Å². The van der Waals surface area contributed by atoms with Crippen molar-refractivity contribution < 1.29 is 17.6 Å². The molecule has 132 valence electrons. The molecule has 1 amide bonds. The molecule has 2 aliphatic rings. The largest absolute Gasteiger partial charge is 0.353 e. The smallest absolute Gasteiger partial charge is 0.243 e. The van der Waals surface area contributed by atoms with E-state index in [1.54, 1.807) is 0 Å². The number of rotatable bonds is 5. The van der Waals surface area contributed by atoms with Gasteiger partial charge in [-0.2, -0.15) is 4.31 Å². The summed E-state index contributed by atoms with van der Waals surface area (Å²) in [6.45, 7) is 2.66. The Morgan fingerprint density at radius 3 is 2.29 bits per heavy atom. The number of piperidine rings is 1. The number of benzene rings is 1. The van der Waals surface area contributed by atoms with Gasteiger partial charge >= 0.3 is 0 Å². The minimum absolute atomic E-state index is 0.0354. The minimum Gasteiger partial charge on any atom is -0.353 e. The van der Waals surface area contributed by atoms with E-state index in [2.05, 4.69) is 5.32 Å². The molecule has 7 heteroatoms. The molecule has 24 heavy (non-hydrogen) atoms. The number of amides is 1. The molecule has 2 fully saturated rings. The van der Waals surface area contributed by atoms with Crippen LogP contribution in [0.3, 0.4) is 0 Å². The maximum Gasteiger partial charge on any atom is 0.243 e. The third-order valence-corrected chi connectivity index (χ3v) is 6.89. The van der Waals surface area contributed by atoms with Gasteiger partial charge in [-0.3, -0.25) is 4.79 Å². The Hall–Kier alpha value is -1.47. The topological polar surface area (TPSA) is 66.5 Å². The highest BCUT2D eigenvalue weighted by Gasteiger charge is 2.34. The van der Waals surface area contributed by atoms with E-state index in [1.807, 2.05) is 6.92 Å². The second-order valence-corrected chi connectivity index (χ2v) is 8.70. The average Bonchev–Trinajstić information content (AvgIpc) is 3.40. The van der Waals surface area contributed by atoms with Gasteiger partial charge in [-0.05, 0) is 62.8 Å². The first-order valence-corrected chi connectivity index (χ1v) is 9.88. The van der Waals surface area contributed by atoms with Gasteiger partial charge in [-0.15, -0.1) is 0 Å². The molecular formula is C17H23FN2O3S. The van der Waals surface area contributed by atoms with Crippen LogP contribution in [0.1, 0.15) is 32.6 Å². The molecule has 1 aliphatic carbocycles. The van der Waals surface area contributed by atoms with Gasteiger partial charge in [0, 0.05) is 25.0 Å². The number of carbonyl (C=O) groups is 1. The molecule has 1 aliphatic heterocycles. The highest BCUT2D eigenvalue weighted by Crippen LogP contribution is 2.32. The predicted octanol–water partition coefficient (Wildman–Crippen LogP) is 2.14. The molecule has 1 saturated heterocycles. The van der Waals surface area contributed by atoms with Crippen LogP contribution in [0.5, 0.6) is 0 Å². The number of hydrogen-bond acceptors (Lipinski definition) is 3. The van der Waals surface area contributed by atoms with Gasteiger partial charge in [-0.1, -0.05) is 0 Å². The first-order valence-electron chi connectivity index (χ1n) is 8.44. The van der Waals surface area contributed by atoms with Gasteiger partial charge < -0.3 is 5.32 Å². The van der Waals surface area contributed by atoms with Crippen LogP contribution in [0.2, 0.25) is 0 Å². The summed E-state index contributed by atoms with van der Waals surface area (Å²) in [5, 5.41) is 3.05. The molecular weight excluding hydrogens is 331 g/mol. The lowest BCUT2D eigenvalue weighted by Gasteiger charge is -2.31. The third-order valence-electron chi connectivity index (χ3n) is 4.98. The van der Waals surface area contributed by atoms with E-state index in [1.165, 1.54) is 29.3 Å². The summed E-state index contributed by atoms with van der Waals surface area (Å²) in [5.74, 6) is 0.0427.